The van der Waals surface area contributed by atoms with Crippen molar-refractivity contribution in [3.8, 4) is 0 Å². The van der Waals surface area contributed by atoms with Crippen molar-refractivity contribution in [2.24, 2.45) is 4.99 Å². The molecule has 0 saturated carbocycles. The van der Waals surface area contributed by atoms with E-state index in [1.165, 1.54) is 28.8 Å². The maximum atomic E-state index is 14.0. The van der Waals surface area contributed by atoms with Gasteiger partial charge in [-0.25, -0.2) is 4.39 Å². The van der Waals surface area contributed by atoms with E-state index >= 15 is 0 Å². The van der Waals surface area contributed by atoms with E-state index in [0.717, 1.165) is 25.9 Å². The Morgan fingerprint density at radius 2 is 1.91 bits per heavy atom. The zero-order valence-electron chi connectivity index (χ0n) is 18.6. The Morgan fingerprint density at radius 1 is 1.21 bits per heavy atom. The first-order chi connectivity index (χ1) is 16.3. The fourth-order valence-electron chi connectivity index (χ4n) is 3.84. The highest BCUT2D eigenvalue weighted by Gasteiger charge is 2.33. The molecule has 7 nitrogen and oxygen atoms in total. The Labute approximate surface area is 206 Å². The van der Waals surface area contributed by atoms with E-state index in [-0.39, 0.29) is 41.3 Å². The number of rotatable bonds is 6. The number of amides is 3. The van der Waals surface area contributed by atoms with E-state index in [9.17, 15) is 18.8 Å². The van der Waals surface area contributed by atoms with Crippen molar-refractivity contribution in [3.05, 3.63) is 64.4 Å². The van der Waals surface area contributed by atoms with Crippen molar-refractivity contribution in [2.45, 2.75) is 31.1 Å². The number of nitrogens with zero attached hydrogens (tertiary/aromatic N) is 3. The second-order valence-electron chi connectivity index (χ2n) is 8.22. The predicted molar refractivity (Wildman–Crippen MR) is 132 cm³/mol. The maximum absolute atomic E-state index is 14.0. The normalized spacial score (nSPS) is 17.6. The minimum atomic E-state index is -0.518. The number of hydrogen-bond acceptors (Lipinski definition) is 5. The predicted octanol–water partition coefficient (Wildman–Crippen LogP) is 4.17. The second kappa shape index (κ2) is 10.6. The van der Waals surface area contributed by atoms with Gasteiger partial charge < -0.3 is 15.1 Å². The number of amidine groups is 1. The summed E-state index contributed by atoms with van der Waals surface area (Å²) in [7, 11) is 1.57. The lowest BCUT2D eigenvalue weighted by atomic mass is 10.1. The molecule has 0 bridgehead atoms. The van der Waals surface area contributed by atoms with Crippen LogP contribution in [0.4, 0.5) is 10.1 Å². The molecule has 1 atom stereocenters. The molecule has 2 heterocycles. The number of likely N-dealkylation sites (tertiary alicyclic amines) is 1. The van der Waals surface area contributed by atoms with Crippen LogP contribution in [0, 0.1) is 5.82 Å². The van der Waals surface area contributed by atoms with Crippen molar-refractivity contribution in [3.63, 3.8) is 0 Å². The average Bonchev–Trinajstić information content (AvgIpc) is 3.46. The summed E-state index contributed by atoms with van der Waals surface area (Å²) < 4.78 is 14.0. The summed E-state index contributed by atoms with van der Waals surface area (Å²) in [4.78, 5) is 45.0. The Morgan fingerprint density at radius 3 is 2.59 bits per heavy atom. The van der Waals surface area contributed by atoms with Gasteiger partial charge in [-0.05, 0) is 49.2 Å². The van der Waals surface area contributed by atoms with Crippen LogP contribution < -0.4 is 5.32 Å². The lowest BCUT2D eigenvalue weighted by Gasteiger charge is -2.19. The van der Waals surface area contributed by atoms with Gasteiger partial charge in [-0.1, -0.05) is 29.4 Å². The third-order valence-electron chi connectivity index (χ3n) is 5.70. The largest absolute Gasteiger partial charge is 0.351 e. The number of carbonyl (C=O) groups is 3. The smallest absolute Gasteiger partial charge is 0.262 e. The zero-order valence-corrected chi connectivity index (χ0v) is 20.2. The van der Waals surface area contributed by atoms with E-state index in [1.54, 1.807) is 37.4 Å². The summed E-state index contributed by atoms with van der Waals surface area (Å²) in [6.45, 7) is 1.81. The number of benzene rings is 2. The van der Waals surface area contributed by atoms with Crippen LogP contribution in [0.3, 0.4) is 0 Å². The summed E-state index contributed by atoms with van der Waals surface area (Å²) >= 11 is 7.40. The molecule has 0 aliphatic carbocycles. The number of nitrogens with one attached hydrogen (secondary N) is 1. The molecule has 1 N–H and O–H groups in total. The summed E-state index contributed by atoms with van der Waals surface area (Å²) in [6.07, 6.45) is 2.20. The Balaban J connectivity index is 1.30. The highest BCUT2D eigenvalue weighted by Crippen LogP contribution is 2.29. The van der Waals surface area contributed by atoms with Gasteiger partial charge in [0.2, 0.25) is 5.91 Å². The SMILES string of the molecule is CN(Cc1c(F)cccc1Cl)C(=O)c1ccc(NC(=O)C[C@@H]2SC(N3CCCC3)=NC2=O)cc1. The summed E-state index contributed by atoms with van der Waals surface area (Å²) in [5.41, 5.74) is 1.15. The molecule has 4 rings (SSSR count). The minimum absolute atomic E-state index is 0.0250. The van der Waals surface area contributed by atoms with Gasteiger partial charge in [-0.2, -0.15) is 4.99 Å². The first-order valence-corrected chi connectivity index (χ1v) is 12.2. The fourth-order valence-corrected chi connectivity index (χ4v) is 5.18. The Bertz CT molecular complexity index is 1120. The number of anilines is 1. The van der Waals surface area contributed by atoms with Gasteiger partial charge >= 0.3 is 0 Å². The molecule has 1 fully saturated rings. The maximum Gasteiger partial charge on any atom is 0.262 e. The van der Waals surface area contributed by atoms with E-state index in [4.69, 9.17) is 11.6 Å². The van der Waals surface area contributed by atoms with Gasteiger partial charge in [-0.3, -0.25) is 14.4 Å². The number of halogens is 2. The van der Waals surface area contributed by atoms with Crippen molar-refractivity contribution >= 4 is 51.9 Å². The van der Waals surface area contributed by atoms with Gasteiger partial charge in [0.05, 0.1) is 0 Å². The molecular formula is C24H24ClFN4O3S. The summed E-state index contributed by atoms with van der Waals surface area (Å²) in [6, 6.07) is 10.8. The van der Waals surface area contributed by atoms with Crippen LogP contribution >= 0.6 is 23.4 Å². The molecule has 2 aliphatic rings. The third kappa shape index (κ3) is 5.59. The fraction of sp³-hybridized carbons (Fsp3) is 0.333. The zero-order chi connectivity index (χ0) is 24.2. The van der Waals surface area contributed by atoms with Gasteiger partial charge in [0, 0.05) is 54.9 Å². The molecule has 178 valence electrons. The molecule has 3 amide bonds. The third-order valence-corrected chi connectivity index (χ3v) is 7.26. The monoisotopic (exact) mass is 502 g/mol. The van der Waals surface area contributed by atoms with Crippen molar-refractivity contribution in [1.82, 2.24) is 9.80 Å². The average molecular weight is 503 g/mol. The summed E-state index contributed by atoms with van der Waals surface area (Å²) in [5, 5.41) is 3.22. The first-order valence-electron chi connectivity index (χ1n) is 10.9. The molecule has 0 radical (unpaired) electrons. The molecule has 34 heavy (non-hydrogen) atoms. The van der Waals surface area contributed by atoms with Crippen LogP contribution in [0.15, 0.2) is 47.5 Å². The lowest BCUT2D eigenvalue weighted by molar-refractivity contribution is -0.121. The van der Waals surface area contributed by atoms with E-state index in [0.29, 0.717) is 16.4 Å². The van der Waals surface area contributed by atoms with Gasteiger partial charge in [0.1, 0.15) is 11.1 Å². The number of aliphatic imine (C=N–C) groups is 1. The molecule has 2 aromatic carbocycles. The topological polar surface area (TPSA) is 82.1 Å². The molecular weight excluding hydrogens is 479 g/mol. The molecule has 10 heteroatoms. The molecule has 2 aromatic rings. The number of thioether (sulfide) groups is 1. The van der Waals surface area contributed by atoms with Crippen molar-refractivity contribution < 1.29 is 18.8 Å². The van der Waals surface area contributed by atoms with Crippen LogP contribution in [-0.2, 0) is 16.1 Å². The summed E-state index contributed by atoms with van der Waals surface area (Å²) in [5.74, 6) is -1.35. The number of carbonyl (C=O) groups excluding carboxylic acids is 3. The standard InChI is InChI=1S/C24H24ClFN4O3S/c1-29(14-17-18(25)5-4-6-19(17)26)23(33)15-7-9-16(10-8-15)27-21(31)13-20-22(32)28-24(34-20)30-11-2-3-12-30/h4-10,20H,2-3,11-14H2,1H3,(H,27,31)/t20-/m0/s1. The van der Waals surface area contributed by atoms with Crippen LogP contribution in [0.25, 0.3) is 0 Å². The molecule has 0 aromatic heterocycles. The van der Waals surface area contributed by atoms with E-state index < -0.39 is 11.1 Å². The van der Waals surface area contributed by atoms with Crippen molar-refractivity contribution in [1.29, 1.82) is 0 Å². The van der Waals surface area contributed by atoms with Gasteiger partial charge in [0.25, 0.3) is 11.8 Å². The van der Waals surface area contributed by atoms with Crippen LogP contribution in [0.2, 0.25) is 5.02 Å². The highest BCUT2D eigenvalue weighted by molar-refractivity contribution is 8.15. The second-order valence-corrected chi connectivity index (χ2v) is 9.80. The van der Waals surface area contributed by atoms with Crippen LogP contribution in [0.1, 0.15) is 35.2 Å². The molecule has 1 saturated heterocycles. The quantitative estimate of drug-likeness (QED) is 0.641. The van der Waals surface area contributed by atoms with Crippen molar-refractivity contribution in [2.75, 3.05) is 25.5 Å². The highest BCUT2D eigenvalue weighted by atomic mass is 35.5. The van der Waals surface area contributed by atoms with Crippen LogP contribution in [0.5, 0.6) is 0 Å². The lowest BCUT2D eigenvalue weighted by Crippen LogP contribution is -2.27. The molecule has 0 spiro atoms. The Kier molecular flexibility index (Phi) is 7.53. The van der Waals surface area contributed by atoms with Gasteiger partial charge in [-0.15, -0.1) is 0 Å². The van der Waals surface area contributed by atoms with E-state index in [1.807, 2.05) is 0 Å². The first kappa shape index (κ1) is 24.2. The number of hydrogen-bond donors (Lipinski definition) is 1. The molecule has 2 aliphatic heterocycles. The Hall–Kier alpha value is -2.91. The minimum Gasteiger partial charge on any atom is -0.351 e. The van der Waals surface area contributed by atoms with E-state index in [2.05, 4.69) is 15.2 Å². The molecule has 0 unspecified atom stereocenters. The van der Waals surface area contributed by atoms with Crippen LogP contribution in [-0.4, -0.2) is 58.1 Å². The van der Waals surface area contributed by atoms with Gasteiger partial charge in [0.15, 0.2) is 5.17 Å².